The van der Waals surface area contributed by atoms with Gasteiger partial charge in [0.2, 0.25) is 0 Å². The lowest BCUT2D eigenvalue weighted by Crippen LogP contribution is -2.15. The molecule has 1 aliphatic rings. The lowest BCUT2D eigenvalue weighted by Gasteiger charge is -2.21. The predicted molar refractivity (Wildman–Crippen MR) is 65.3 cm³/mol. The van der Waals surface area contributed by atoms with Gasteiger partial charge >= 0.3 is 0 Å². The minimum Gasteiger partial charge on any atom is -0.457 e. The van der Waals surface area contributed by atoms with Crippen LogP contribution in [-0.4, -0.2) is 10.2 Å². The van der Waals surface area contributed by atoms with Crippen LogP contribution in [0.25, 0.3) is 0 Å². The SMILES string of the molecule is [SiH3]c1cccc2c1Cc1ccccc1O2. The molecule has 2 heteroatoms. The molecule has 0 atom stereocenters. The second-order valence-electron chi connectivity index (χ2n) is 3.94. The van der Waals surface area contributed by atoms with E-state index < -0.39 is 0 Å². The molecule has 3 rings (SSSR count). The monoisotopic (exact) mass is 212 g/mol. The van der Waals surface area contributed by atoms with E-state index in [1.54, 1.807) is 0 Å². The summed E-state index contributed by atoms with van der Waals surface area (Å²) in [5.41, 5.74) is 2.68. The highest BCUT2D eigenvalue weighted by atomic mass is 28.1. The zero-order chi connectivity index (χ0) is 10.3. The van der Waals surface area contributed by atoms with Crippen molar-refractivity contribution >= 4 is 15.4 Å². The summed E-state index contributed by atoms with van der Waals surface area (Å²) >= 11 is 0. The van der Waals surface area contributed by atoms with Crippen molar-refractivity contribution in [3.8, 4) is 11.5 Å². The second kappa shape index (κ2) is 3.24. The third kappa shape index (κ3) is 1.38. The maximum atomic E-state index is 5.88. The van der Waals surface area contributed by atoms with Crippen molar-refractivity contribution in [1.29, 1.82) is 0 Å². The van der Waals surface area contributed by atoms with Gasteiger partial charge in [-0.1, -0.05) is 35.5 Å². The Morgan fingerprint density at radius 3 is 2.67 bits per heavy atom. The normalized spacial score (nSPS) is 12.8. The van der Waals surface area contributed by atoms with Gasteiger partial charge in [-0.25, -0.2) is 0 Å². The van der Waals surface area contributed by atoms with E-state index in [-0.39, 0.29) is 0 Å². The first-order chi connectivity index (χ1) is 7.34. The highest BCUT2D eigenvalue weighted by Gasteiger charge is 2.16. The molecular weight excluding hydrogens is 200 g/mol. The maximum absolute atomic E-state index is 5.88. The average molecular weight is 212 g/mol. The minimum atomic E-state index is 1.01. The van der Waals surface area contributed by atoms with Crippen molar-refractivity contribution in [3.05, 3.63) is 53.6 Å². The van der Waals surface area contributed by atoms with Crippen LogP contribution in [0.15, 0.2) is 42.5 Å². The van der Waals surface area contributed by atoms with Crippen molar-refractivity contribution < 1.29 is 4.74 Å². The zero-order valence-electron chi connectivity index (χ0n) is 8.66. The van der Waals surface area contributed by atoms with Gasteiger partial charge in [0.15, 0.2) is 0 Å². The molecule has 1 aliphatic heterocycles. The van der Waals surface area contributed by atoms with E-state index in [4.69, 9.17) is 4.74 Å². The van der Waals surface area contributed by atoms with Crippen LogP contribution < -0.4 is 9.92 Å². The number of hydrogen-bond donors (Lipinski definition) is 0. The Labute approximate surface area is 92.1 Å². The molecule has 1 nitrogen and oxygen atoms in total. The predicted octanol–water partition coefficient (Wildman–Crippen LogP) is 1.37. The highest BCUT2D eigenvalue weighted by molar-refractivity contribution is 6.33. The topological polar surface area (TPSA) is 9.23 Å². The molecular formula is C13H12OSi. The summed E-state index contributed by atoms with van der Waals surface area (Å²) in [6, 6.07) is 14.6. The molecule has 0 aromatic heterocycles. The minimum absolute atomic E-state index is 1.01. The number of rotatable bonds is 0. The van der Waals surface area contributed by atoms with Gasteiger partial charge in [0, 0.05) is 16.7 Å². The molecule has 1 heterocycles. The Morgan fingerprint density at radius 2 is 1.73 bits per heavy atom. The van der Waals surface area contributed by atoms with Crippen molar-refractivity contribution in [3.63, 3.8) is 0 Å². The van der Waals surface area contributed by atoms with Gasteiger partial charge in [-0.05, 0) is 23.3 Å². The average Bonchev–Trinajstić information content (AvgIpc) is 2.27. The van der Waals surface area contributed by atoms with Crippen LogP contribution in [0.5, 0.6) is 11.5 Å². The van der Waals surface area contributed by atoms with Crippen LogP contribution in [0, 0.1) is 0 Å². The van der Waals surface area contributed by atoms with Gasteiger partial charge in [-0.3, -0.25) is 0 Å². The number of ether oxygens (including phenoxy) is 1. The summed E-state index contributed by atoms with van der Waals surface area (Å²) in [6.07, 6.45) is 1.02. The van der Waals surface area contributed by atoms with Crippen LogP contribution >= 0.6 is 0 Å². The van der Waals surface area contributed by atoms with Crippen molar-refractivity contribution in [1.82, 2.24) is 0 Å². The van der Waals surface area contributed by atoms with Crippen LogP contribution in [-0.2, 0) is 6.42 Å². The summed E-state index contributed by atoms with van der Waals surface area (Å²) < 4.78 is 5.88. The first kappa shape index (κ1) is 8.74. The first-order valence-corrected chi connectivity index (χ1v) is 6.19. The second-order valence-corrected chi connectivity index (χ2v) is 5.02. The third-order valence-corrected chi connectivity index (χ3v) is 3.86. The van der Waals surface area contributed by atoms with Gasteiger partial charge in [0.1, 0.15) is 11.5 Å². The highest BCUT2D eigenvalue weighted by Crippen LogP contribution is 2.34. The van der Waals surface area contributed by atoms with Gasteiger partial charge in [0.05, 0.1) is 0 Å². The molecule has 0 spiro atoms. The fraction of sp³-hybridized carbons (Fsp3) is 0.0769. The van der Waals surface area contributed by atoms with E-state index in [9.17, 15) is 0 Å². The molecule has 0 amide bonds. The largest absolute Gasteiger partial charge is 0.457 e. The van der Waals surface area contributed by atoms with Gasteiger partial charge in [0.25, 0.3) is 0 Å². The molecule has 0 N–H and O–H groups in total. The Bertz CT molecular complexity index is 520. The molecule has 2 aromatic carbocycles. The number of fused-ring (bicyclic) bond motifs is 2. The van der Waals surface area contributed by atoms with E-state index in [0.29, 0.717) is 0 Å². The molecule has 0 bridgehead atoms. The lowest BCUT2D eigenvalue weighted by atomic mass is 10.0. The van der Waals surface area contributed by atoms with E-state index >= 15 is 0 Å². The molecule has 0 unspecified atom stereocenters. The van der Waals surface area contributed by atoms with Crippen molar-refractivity contribution in [2.24, 2.45) is 0 Å². The molecule has 0 saturated carbocycles. The van der Waals surface area contributed by atoms with E-state index in [0.717, 1.165) is 28.2 Å². The maximum Gasteiger partial charge on any atom is 0.130 e. The summed E-state index contributed by atoms with van der Waals surface area (Å²) in [4.78, 5) is 0. The number of hydrogen-bond acceptors (Lipinski definition) is 1. The van der Waals surface area contributed by atoms with E-state index in [2.05, 4.69) is 30.3 Å². The summed E-state index contributed by atoms with van der Waals surface area (Å²) in [5, 5.41) is 1.45. The number of benzene rings is 2. The van der Waals surface area contributed by atoms with E-state index in [1.807, 2.05) is 12.1 Å². The Balaban J connectivity index is 2.15. The van der Waals surface area contributed by atoms with Gasteiger partial charge < -0.3 is 4.74 Å². The summed E-state index contributed by atoms with van der Waals surface area (Å²) in [5.74, 6) is 2.05. The zero-order valence-corrected chi connectivity index (χ0v) is 10.7. The lowest BCUT2D eigenvalue weighted by molar-refractivity contribution is 0.461. The quantitative estimate of drug-likeness (QED) is 0.511. The molecule has 0 aliphatic carbocycles. The van der Waals surface area contributed by atoms with Crippen LogP contribution in [0.4, 0.5) is 0 Å². The van der Waals surface area contributed by atoms with Crippen molar-refractivity contribution in [2.75, 3.05) is 0 Å². The fourth-order valence-corrected chi connectivity index (χ4v) is 2.67. The van der Waals surface area contributed by atoms with Crippen LogP contribution in [0.1, 0.15) is 11.1 Å². The number of para-hydroxylation sites is 1. The summed E-state index contributed by atoms with van der Waals surface area (Å²) in [6.45, 7) is 0. The standard InChI is InChI=1S/C13H12OSi/c15-13-7-3-6-12-10(13)8-9-4-1-2-5-11(9)14-12/h1-7H,8H2,15H3. The van der Waals surface area contributed by atoms with Crippen molar-refractivity contribution in [2.45, 2.75) is 6.42 Å². The van der Waals surface area contributed by atoms with Crippen LogP contribution in [0.3, 0.4) is 0 Å². The Kier molecular flexibility index (Phi) is 1.89. The van der Waals surface area contributed by atoms with Gasteiger partial charge in [-0.15, -0.1) is 0 Å². The molecule has 74 valence electrons. The molecule has 0 radical (unpaired) electrons. The smallest absolute Gasteiger partial charge is 0.130 e. The molecule has 2 aromatic rings. The first-order valence-electron chi connectivity index (χ1n) is 5.19. The third-order valence-electron chi connectivity index (χ3n) is 2.93. The molecule has 0 saturated heterocycles. The van der Waals surface area contributed by atoms with E-state index in [1.165, 1.54) is 16.3 Å². The Hall–Kier alpha value is -1.54. The fourth-order valence-electron chi connectivity index (χ4n) is 2.06. The molecule has 0 fully saturated rings. The van der Waals surface area contributed by atoms with Crippen LogP contribution in [0.2, 0.25) is 0 Å². The van der Waals surface area contributed by atoms with Gasteiger partial charge in [-0.2, -0.15) is 0 Å². The molecule has 15 heavy (non-hydrogen) atoms. The Morgan fingerprint density at radius 1 is 0.933 bits per heavy atom. The summed E-state index contributed by atoms with van der Waals surface area (Å²) in [7, 11) is 1.08.